The molecule has 0 bridgehead atoms. The van der Waals surface area contributed by atoms with E-state index in [2.05, 4.69) is 48.0 Å². The third-order valence-electron chi connectivity index (χ3n) is 5.21. The molecule has 32 heavy (non-hydrogen) atoms. The van der Waals surface area contributed by atoms with E-state index in [1.54, 1.807) is 6.92 Å². The number of benzene rings is 1. The first kappa shape index (κ1) is 27.8. The summed E-state index contributed by atoms with van der Waals surface area (Å²) in [5.74, 6) is 0.229. The molecular formula is C26H38ClN3O2. The number of nitrogens with zero attached hydrogens (tertiary/aromatic N) is 2. The minimum Gasteiger partial charge on any atom is -0.381 e. The molecule has 6 heteroatoms. The van der Waals surface area contributed by atoms with Crippen molar-refractivity contribution in [1.82, 2.24) is 10.3 Å². The number of aromatic nitrogens is 1. The van der Waals surface area contributed by atoms with Crippen molar-refractivity contribution < 1.29 is 9.53 Å². The SMILES string of the molecule is C/C=C(\C)Cc1cc(C(=O)NC2CCOCC2C)nc2ccccc12.C=NC(C)Cl.CC. The number of aliphatic imine (C=N–C) groups is 1. The molecule has 2 heterocycles. The van der Waals surface area contributed by atoms with Crippen LogP contribution in [0.1, 0.15) is 64.0 Å². The van der Waals surface area contributed by atoms with Gasteiger partial charge in [-0.25, -0.2) is 4.98 Å². The van der Waals surface area contributed by atoms with Gasteiger partial charge in [0.25, 0.3) is 5.91 Å². The second kappa shape index (κ2) is 14.8. The molecule has 2 aromatic rings. The predicted octanol–water partition coefficient (Wildman–Crippen LogP) is 6.20. The zero-order chi connectivity index (χ0) is 24.1. The summed E-state index contributed by atoms with van der Waals surface area (Å²) in [5.41, 5.74) is 3.66. The third-order valence-corrected chi connectivity index (χ3v) is 5.34. The maximum Gasteiger partial charge on any atom is 0.270 e. The zero-order valence-electron chi connectivity index (χ0n) is 20.3. The molecule has 1 fully saturated rings. The van der Waals surface area contributed by atoms with Gasteiger partial charge in [0.05, 0.1) is 12.1 Å². The van der Waals surface area contributed by atoms with Gasteiger partial charge in [0, 0.05) is 18.0 Å². The quantitative estimate of drug-likeness (QED) is 0.250. The highest BCUT2D eigenvalue weighted by Crippen LogP contribution is 2.22. The molecule has 1 N–H and O–H groups in total. The van der Waals surface area contributed by atoms with Crippen LogP contribution in [-0.2, 0) is 11.2 Å². The van der Waals surface area contributed by atoms with Crippen molar-refractivity contribution in [3.8, 4) is 0 Å². The second-order valence-corrected chi connectivity index (χ2v) is 8.30. The van der Waals surface area contributed by atoms with Gasteiger partial charge in [-0.15, -0.1) is 0 Å². The number of allylic oxidation sites excluding steroid dienone is 2. The van der Waals surface area contributed by atoms with Gasteiger partial charge < -0.3 is 10.1 Å². The maximum absolute atomic E-state index is 12.8. The number of hydrogen-bond acceptors (Lipinski definition) is 4. The number of halogens is 1. The highest BCUT2D eigenvalue weighted by molar-refractivity contribution is 6.20. The lowest BCUT2D eigenvalue weighted by molar-refractivity contribution is 0.0374. The first-order valence-electron chi connectivity index (χ1n) is 11.3. The van der Waals surface area contributed by atoms with Crippen LogP contribution in [-0.4, -0.2) is 42.4 Å². The van der Waals surface area contributed by atoms with E-state index in [0.29, 0.717) is 24.8 Å². The third kappa shape index (κ3) is 8.71. The van der Waals surface area contributed by atoms with E-state index in [1.807, 2.05) is 45.0 Å². The van der Waals surface area contributed by atoms with Gasteiger partial charge in [0.15, 0.2) is 0 Å². The first-order chi connectivity index (χ1) is 15.3. The van der Waals surface area contributed by atoms with Gasteiger partial charge in [0.2, 0.25) is 0 Å². The van der Waals surface area contributed by atoms with E-state index >= 15 is 0 Å². The molecule has 0 aliphatic carbocycles. The minimum atomic E-state index is -0.130. The van der Waals surface area contributed by atoms with E-state index in [-0.39, 0.29) is 17.5 Å². The Morgan fingerprint density at radius 3 is 2.66 bits per heavy atom. The number of carbonyl (C=O) groups is 1. The fourth-order valence-electron chi connectivity index (χ4n) is 3.25. The summed E-state index contributed by atoms with van der Waals surface area (Å²) in [6.45, 7) is 16.6. The van der Waals surface area contributed by atoms with Crippen LogP contribution in [0.15, 0.2) is 47.0 Å². The molecule has 1 aliphatic rings. The zero-order valence-corrected chi connectivity index (χ0v) is 21.1. The van der Waals surface area contributed by atoms with E-state index in [4.69, 9.17) is 16.3 Å². The van der Waals surface area contributed by atoms with Gasteiger partial charge in [-0.3, -0.25) is 9.79 Å². The molecule has 1 saturated heterocycles. The molecular weight excluding hydrogens is 422 g/mol. The van der Waals surface area contributed by atoms with E-state index in [9.17, 15) is 4.79 Å². The predicted molar refractivity (Wildman–Crippen MR) is 137 cm³/mol. The van der Waals surface area contributed by atoms with Crippen molar-refractivity contribution in [2.75, 3.05) is 13.2 Å². The molecule has 1 aliphatic heterocycles. The number of hydrogen-bond donors (Lipinski definition) is 1. The average molecular weight is 460 g/mol. The summed E-state index contributed by atoms with van der Waals surface area (Å²) in [6, 6.07) is 10.1. The number of carbonyl (C=O) groups excluding carboxylic acids is 1. The lowest BCUT2D eigenvalue weighted by atomic mass is 9.97. The molecule has 0 saturated carbocycles. The van der Waals surface area contributed by atoms with Gasteiger partial charge in [-0.05, 0) is 63.9 Å². The molecule has 176 valence electrons. The Morgan fingerprint density at radius 2 is 2.06 bits per heavy atom. The number of ether oxygens (including phenoxy) is 1. The molecule has 1 aromatic carbocycles. The smallest absolute Gasteiger partial charge is 0.270 e. The number of alkyl halides is 1. The number of rotatable bonds is 5. The highest BCUT2D eigenvalue weighted by atomic mass is 35.5. The molecule has 5 nitrogen and oxygen atoms in total. The Labute approximate surface area is 198 Å². The van der Waals surface area contributed by atoms with Gasteiger partial charge >= 0.3 is 0 Å². The van der Waals surface area contributed by atoms with Crippen molar-refractivity contribution in [2.24, 2.45) is 10.9 Å². The number of para-hydroxylation sites is 1. The van der Waals surface area contributed by atoms with Crippen molar-refractivity contribution in [3.63, 3.8) is 0 Å². The van der Waals surface area contributed by atoms with E-state index in [0.717, 1.165) is 29.3 Å². The van der Waals surface area contributed by atoms with Crippen LogP contribution >= 0.6 is 11.6 Å². The van der Waals surface area contributed by atoms with E-state index < -0.39 is 0 Å². The van der Waals surface area contributed by atoms with Crippen molar-refractivity contribution >= 4 is 35.1 Å². The fraction of sp³-hybridized carbons (Fsp3) is 0.500. The van der Waals surface area contributed by atoms with Crippen LogP contribution in [0.5, 0.6) is 0 Å². The van der Waals surface area contributed by atoms with Gasteiger partial charge in [-0.2, -0.15) is 0 Å². The summed E-state index contributed by atoms with van der Waals surface area (Å²) < 4.78 is 5.46. The number of fused-ring (bicyclic) bond motifs is 1. The van der Waals surface area contributed by atoms with Crippen LogP contribution in [0.3, 0.4) is 0 Å². The molecule has 1 amide bonds. The molecule has 3 rings (SSSR count). The van der Waals surface area contributed by atoms with Crippen LogP contribution in [0.4, 0.5) is 0 Å². The Kier molecular flexibility index (Phi) is 12.8. The Balaban J connectivity index is 0.000000646. The maximum atomic E-state index is 12.8. The first-order valence-corrected chi connectivity index (χ1v) is 11.8. The normalized spacial score (nSPS) is 19.0. The molecule has 0 spiro atoms. The summed E-state index contributed by atoms with van der Waals surface area (Å²) in [4.78, 5) is 20.8. The number of amides is 1. The van der Waals surface area contributed by atoms with E-state index in [1.165, 1.54) is 5.57 Å². The largest absolute Gasteiger partial charge is 0.381 e. The fourth-order valence-corrected chi connectivity index (χ4v) is 3.25. The summed E-state index contributed by atoms with van der Waals surface area (Å²) in [5, 5.41) is 4.26. The van der Waals surface area contributed by atoms with Gasteiger partial charge in [0.1, 0.15) is 11.2 Å². The second-order valence-electron chi connectivity index (χ2n) is 7.67. The van der Waals surface area contributed by atoms with Crippen LogP contribution in [0, 0.1) is 5.92 Å². The lowest BCUT2D eigenvalue weighted by Crippen LogP contribution is -2.44. The summed E-state index contributed by atoms with van der Waals surface area (Å²) in [6.07, 6.45) is 3.79. The average Bonchev–Trinajstić information content (AvgIpc) is 2.82. The Morgan fingerprint density at radius 1 is 1.41 bits per heavy atom. The summed E-state index contributed by atoms with van der Waals surface area (Å²) >= 11 is 5.23. The monoisotopic (exact) mass is 459 g/mol. The van der Waals surface area contributed by atoms with Crippen LogP contribution in [0.25, 0.3) is 10.9 Å². The lowest BCUT2D eigenvalue weighted by Gasteiger charge is -2.29. The highest BCUT2D eigenvalue weighted by Gasteiger charge is 2.24. The molecule has 3 atom stereocenters. The van der Waals surface area contributed by atoms with Crippen molar-refractivity contribution in [2.45, 2.75) is 65.9 Å². The molecule has 3 unspecified atom stereocenters. The molecule has 0 radical (unpaired) electrons. The molecule has 1 aromatic heterocycles. The Hall–Kier alpha value is -2.24. The minimum absolute atomic E-state index is 0.0936. The number of pyridine rings is 1. The van der Waals surface area contributed by atoms with Crippen LogP contribution < -0.4 is 5.32 Å². The Bertz CT molecular complexity index is 896. The summed E-state index contributed by atoms with van der Waals surface area (Å²) in [7, 11) is 0. The van der Waals surface area contributed by atoms with Gasteiger partial charge in [-0.1, -0.05) is 62.2 Å². The standard InChI is InChI=1S/C21H26N2O2.C3H6ClN.C2H6/c1-4-14(2)11-16-12-20(22-19-8-6-5-7-17(16)19)21(24)23-18-9-10-25-13-15(18)3;1-3(4)5-2;1-2/h4-8,12,15,18H,9-11,13H2,1-3H3,(H,23,24);3H,2H2,1H3;1-2H3/b14-4+;;. The number of nitrogens with one attached hydrogen (secondary N) is 1. The topological polar surface area (TPSA) is 63.6 Å². The van der Waals surface area contributed by atoms with Crippen LogP contribution in [0.2, 0.25) is 0 Å². The van der Waals surface area contributed by atoms with Crippen molar-refractivity contribution in [1.29, 1.82) is 0 Å². The van der Waals surface area contributed by atoms with Crippen molar-refractivity contribution in [3.05, 3.63) is 53.2 Å².